The highest BCUT2D eigenvalue weighted by Gasteiger charge is 2.20. The summed E-state index contributed by atoms with van der Waals surface area (Å²) < 4.78 is 9.94. The number of carbonyl (C=O) groups excluding carboxylic acids is 1. The van der Waals surface area contributed by atoms with Crippen molar-refractivity contribution in [2.45, 2.75) is 0 Å². The average molecular weight is 284 g/mol. The highest BCUT2D eigenvalue weighted by atomic mass is 16.6. The summed E-state index contributed by atoms with van der Waals surface area (Å²) >= 11 is 0. The molecule has 0 aliphatic rings. The Morgan fingerprint density at radius 3 is 2.90 bits per heavy atom. The molecule has 0 spiro atoms. The fourth-order valence-corrected chi connectivity index (χ4v) is 1.37. The molecule has 9 nitrogen and oxygen atoms in total. The minimum Gasteiger partial charge on any atom is -0.384 e. The number of hydrogen-bond donors (Lipinski definition) is 2. The monoisotopic (exact) mass is 284 g/mol. The largest absolute Gasteiger partial charge is 0.384 e. The number of rotatable bonds is 8. The first kappa shape index (κ1) is 15.8. The Morgan fingerprint density at radius 1 is 1.50 bits per heavy atom. The molecule has 0 atom stereocenters. The molecule has 3 N–H and O–H groups in total. The van der Waals surface area contributed by atoms with Gasteiger partial charge in [-0.1, -0.05) is 0 Å². The van der Waals surface area contributed by atoms with E-state index in [1.165, 1.54) is 6.07 Å². The number of nitrogens with two attached hydrogens (primary N) is 1. The fraction of sp³-hybridized carbons (Fsp3) is 0.455. The fourth-order valence-electron chi connectivity index (χ4n) is 1.37. The number of anilines is 1. The molecule has 20 heavy (non-hydrogen) atoms. The summed E-state index contributed by atoms with van der Waals surface area (Å²) in [5.74, 6) is -0.557. The average Bonchev–Trinajstić information content (AvgIpc) is 2.42. The summed E-state index contributed by atoms with van der Waals surface area (Å²) in [6.45, 7) is 1.38. The molecule has 0 fully saturated rings. The van der Waals surface area contributed by atoms with Gasteiger partial charge in [-0.3, -0.25) is 14.9 Å². The molecule has 1 heterocycles. The zero-order valence-electron chi connectivity index (χ0n) is 11.0. The number of nitrogens with one attached hydrogen (secondary N) is 1. The third-order valence-electron chi connectivity index (χ3n) is 2.31. The molecule has 1 rings (SSSR count). The molecule has 110 valence electrons. The predicted molar refractivity (Wildman–Crippen MR) is 70.3 cm³/mol. The van der Waals surface area contributed by atoms with Gasteiger partial charge in [0.25, 0.3) is 11.6 Å². The van der Waals surface area contributed by atoms with Gasteiger partial charge >= 0.3 is 0 Å². The SMILES string of the molecule is COCCOCCNC(=O)c1cc(N)ncc1[N+](=O)[O-]. The number of pyridine rings is 1. The molecular formula is C11H16N4O5. The lowest BCUT2D eigenvalue weighted by molar-refractivity contribution is -0.385. The Balaban J connectivity index is 2.54. The first-order valence-electron chi connectivity index (χ1n) is 5.81. The standard InChI is InChI=1S/C11H16N4O5/c1-19-4-5-20-3-2-13-11(16)8-6-10(12)14-7-9(8)15(17)18/h6-7H,2-5H2,1H3,(H2,12,14)(H,13,16). The topological polar surface area (TPSA) is 130 Å². The van der Waals surface area contributed by atoms with Gasteiger partial charge in [-0.25, -0.2) is 4.98 Å². The number of nitro groups is 1. The van der Waals surface area contributed by atoms with Crippen LogP contribution in [0, 0.1) is 10.1 Å². The van der Waals surface area contributed by atoms with Gasteiger partial charge < -0.3 is 20.5 Å². The maximum Gasteiger partial charge on any atom is 0.300 e. The highest BCUT2D eigenvalue weighted by Crippen LogP contribution is 2.18. The second kappa shape index (κ2) is 8.02. The minimum atomic E-state index is -0.684. The number of hydrogen-bond acceptors (Lipinski definition) is 7. The van der Waals surface area contributed by atoms with Crippen molar-refractivity contribution in [2.24, 2.45) is 0 Å². The van der Waals surface area contributed by atoms with Crippen LogP contribution in [0.25, 0.3) is 0 Å². The first-order chi connectivity index (χ1) is 9.56. The van der Waals surface area contributed by atoms with Crippen molar-refractivity contribution in [3.05, 3.63) is 27.9 Å². The van der Waals surface area contributed by atoms with E-state index in [-0.39, 0.29) is 24.5 Å². The maximum absolute atomic E-state index is 11.8. The van der Waals surface area contributed by atoms with Crippen LogP contribution in [0.15, 0.2) is 12.3 Å². The van der Waals surface area contributed by atoms with E-state index in [1.54, 1.807) is 7.11 Å². The molecule has 0 saturated heterocycles. The second-order valence-corrected chi connectivity index (χ2v) is 3.74. The summed E-state index contributed by atoms with van der Waals surface area (Å²) in [5.41, 5.74) is 4.91. The summed E-state index contributed by atoms with van der Waals surface area (Å²) in [6, 6.07) is 1.17. The number of methoxy groups -OCH3 is 1. The molecule has 0 unspecified atom stereocenters. The molecule has 0 saturated carbocycles. The zero-order valence-corrected chi connectivity index (χ0v) is 11.0. The molecule has 0 aromatic carbocycles. The van der Waals surface area contributed by atoms with E-state index >= 15 is 0 Å². The molecule has 0 radical (unpaired) electrons. The third-order valence-corrected chi connectivity index (χ3v) is 2.31. The molecular weight excluding hydrogens is 268 g/mol. The molecule has 9 heteroatoms. The van der Waals surface area contributed by atoms with Gasteiger partial charge in [0.1, 0.15) is 17.6 Å². The van der Waals surface area contributed by atoms with Crippen LogP contribution in [-0.2, 0) is 9.47 Å². The maximum atomic E-state index is 11.8. The van der Waals surface area contributed by atoms with Crippen LogP contribution < -0.4 is 11.1 Å². The Morgan fingerprint density at radius 2 is 2.25 bits per heavy atom. The Hall–Kier alpha value is -2.26. The van der Waals surface area contributed by atoms with E-state index in [0.29, 0.717) is 13.2 Å². The number of amides is 1. The normalized spacial score (nSPS) is 10.2. The van der Waals surface area contributed by atoms with Crippen LogP contribution in [0.5, 0.6) is 0 Å². The van der Waals surface area contributed by atoms with Crippen molar-refractivity contribution >= 4 is 17.4 Å². The third kappa shape index (κ3) is 4.78. The van der Waals surface area contributed by atoms with E-state index < -0.39 is 16.5 Å². The van der Waals surface area contributed by atoms with Crippen molar-refractivity contribution < 1.29 is 19.2 Å². The van der Waals surface area contributed by atoms with E-state index in [4.69, 9.17) is 15.2 Å². The summed E-state index contributed by atoms with van der Waals surface area (Å²) in [7, 11) is 1.55. The number of nitrogen functional groups attached to an aromatic ring is 1. The summed E-state index contributed by atoms with van der Waals surface area (Å²) in [4.78, 5) is 25.5. The van der Waals surface area contributed by atoms with Gasteiger partial charge in [-0.2, -0.15) is 0 Å². The molecule has 0 bridgehead atoms. The number of ether oxygens (including phenoxy) is 2. The van der Waals surface area contributed by atoms with Gasteiger partial charge in [0, 0.05) is 13.7 Å². The van der Waals surface area contributed by atoms with Gasteiger partial charge in [-0.05, 0) is 6.07 Å². The predicted octanol–water partition coefficient (Wildman–Crippen LogP) is -0.0352. The van der Waals surface area contributed by atoms with Gasteiger partial charge in [0.2, 0.25) is 0 Å². The number of nitrogens with zero attached hydrogens (tertiary/aromatic N) is 2. The Kier molecular flexibility index (Phi) is 6.33. The lowest BCUT2D eigenvalue weighted by Crippen LogP contribution is -2.28. The molecule has 0 aliphatic carbocycles. The van der Waals surface area contributed by atoms with Crippen LogP contribution in [-0.4, -0.2) is 49.3 Å². The van der Waals surface area contributed by atoms with E-state index in [9.17, 15) is 14.9 Å². The van der Waals surface area contributed by atoms with Crippen molar-refractivity contribution in [1.29, 1.82) is 0 Å². The Labute approximate surface area is 115 Å². The van der Waals surface area contributed by atoms with E-state index in [2.05, 4.69) is 10.3 Å². The lowest BCUT2D eigenvalue weighted by Gasteiger charge is -2.07. The lowest BCUT2D eigenvalue weighted by atomic mass is 10.2. The number of carbonyl (C=O) groups is 1. The van der Waals surface area contributed by atoms with Crippen LogP contribution >= 0.6 is 0 Å². The number of aromatic nitrogens is 1. The van der Waals surface area contributed by atoms with Crippen LogP contribution in [0.2, 0.25) is 0 Å². The van der Waals surface area contributed by atoms with Crippen molar-refractivity contribution in [1.82, 2.24) is 10.3 Å². The molecule has 0 aliphatic heterocycles. The summed E-state index contributed by atoms with van der Waals surface area (Å²) in [6.07, 6.45) is 0.958. The van der Waals surface area contributed by atoms with E-state index in [0.717, 1.165) is 6.20 Å². The minimum absolute atomic E-state index is 0.0390. The van der Waals surface area contributed by atoms with Gasteiger partial charge in [-0.15, -0.1) is 0 Å². The Bertz CT molecular complexity index is 480. The molecule has 1 aromatic heterocycles. The second-order valence-electron chi connectivity index (χ2n) is 3.74. The van der Waals surface area contributed by atoms with Crippen molar-refractivity contribution in [3.8, 4) is 0 Å². The van der Waals surface area contributed by atoms with Crippen molar-refractivity contribution in [3.63, 3.8) is 0 Å². The highest BCUT2D eigenvalue weighted by molar-refractivity contribution is 5.98. The smallest absolute Gasteiger partial charge is 0.300 e. The molecule has 1 amide bonds. The van der Waals surface area contributed by atoms with Crippen LogP contribution in [0.3, 0.4) is 0 Å². The first-order valence-corrected chi connectivity index (χ1v) is 5.81. The summed E-state index contributed by atoms with van der Waals surface area (Å²) in [5, 5.41) is 13.3. The quantitative estimate of drug-likeness (QED) is 0.389. The van der Waals surface area contributed by atoms with Crippen LogP contribution in [0.1, 0.15) is 10.4 Å². The van der Waals surface area contributed by atoms with Gasteiger partial charge in [0.05, 0.1) is 24.7 Å². The van der Waals surface area contributed by atoms with Gasteiger partial charge in [0.15, 0.2) is 0 Å². The van der Waals surface area contributed by atoms with E-state index in [1.807, 2.05) is 0 Å². The van der Waals surface area contributed by atoms with Crippen LogP contribution in [0.4, 0.5) is 11.5 Å². The molecule has 1 aromatic rings. The van der Waals surface area contributed by atoms with Crippen molar-refractivity contribution in [2.75, 3.05) is 39.2 Å². The zero-order chi connectivity index (χ0) is 15.0.